The van der Waals surface area contributed by atoms with Crippen molar-refractivity contribution in [2.24, 2.45) is 0 Å². The summed E-state index contributed by atoms with van der Waals surface area (Å²) in [4.78, 5) is 2.45. The lowest BCUT2D eigenvalue weighted by Gasteiger charge is -2.27. The number of hydrogen-bond acceptors (Lipinski definition) is 1. The van der Waals surface area contributed by atoms with Gasteiger partial charge in [-0.25, -0.2) is 0 Å². The van der Waals surface area contributed by atoms with Gasteiger partial charge in [0.05, 0.1) is 0 Å². The normalized spacial score (nSPS) is 11.9. The quantitative estimate of drug-likeness (QED) is 0.156. The summed E-state index contributed by atoms with van der Waals surface area (Å²) in [6.45, 7) is 0. The van der Waals surface area contributed by atoms with Crippen LogP contribution in [0.3, 0.4) is 0 Å². The van der Waals surface area contributed by atoms with Gasteiger partial charge in [-0.3, -0.25) is 0 Å². The number of nitrogens with zero attached hydrogens (tertiary/aromatic N) is 1. The van der Waals surface area contributed by atoms with Crippen LogP contribution in [-0.2, 0) is 0 Å². The first kappa shape index (κ1) is 37.6. The van der Waals surface area contributed by atoms with Gasteiger partial charge in [-0.05, 0) is 168 Å². The van der Waals surface area contributed by atoms with E-state index in [4.69, 9.17) is 0 Å². The molecule has 0 aliphatic carbocycles. The first-order valence-electron chi connectivity index (χ1n) is 23.2. The minimum atomic E-state index is 1.10. The van der Waals surface area contributed by atoms with Gasteiger partial charge < -0.3 is 4.90 Å². The maximum atomic E-state index is 2.45. The maximum absolute atomic E-state index is 2.45. The predicted molar refractivity (Wildman–Crippen MR) is 290 cm³/mol. The molecular weight excluding hydrogens is 807 g/mol. The molecule has 0 fully saturated rings. The molecule has 0 aliphatic rings. The van der Waals surface area contributed by atoms with Gasteiger partial charge in [0.2, 0.25) is 0 Å². The molecule has 0 bridgehead atoms. The lowest BCUT2D eigenvalue weighted by molar-refractivity contribution is 1.30. The minimum Gasteiger partial charge on any atom is -0.310 e. The predicted octanol–water partition coefficient (Wildman–Crippen LogP) is 18.9. The largest absolute Gasteiger partial charge is 0.310 e. The van der Waals surface area contributed by atoms with Gasteiger partial charge in [-0.2, -0.15) is 0 Å². The fourth-order valence-electron chi connectivity index (χ4n) is 11.3. The van der Waals surface area contributed by atoms with Crippen LogP contribution >= 0.6 is 0 Å². The second kappa shape index (κ2) is 14.9. The van der Waals surface area contributed by atoms with Crippen molar-refractivity contribution in [1.82, 2.24) is 0 Å². The van der Waals surface area contributed by atoms with Gasteiger partial charge in [-0.15, -0.1) is 0 Å². The first-order valence-corrected chi connectivity index (χ1v) is 23.2. The molecule has 0 amide bonds. The molecule has 0 aliphatic heterocycles. The molecule has 0 radical (unpaired) electrons. The minimum absolute atomic E-state index is 1.10. The van der Waals surface area contributed by atoms with Gasteiger partial charge in [-0.1, -0.05) is 200 Å². The smallest absolute Gasteiger partial charge is 0.0468 e. The van der Waals surface area contributed by atoms with E-state index >= 15 is 0 Å². The summed E-state index contributed by atoms with van der Waals surface area (Å²) in [5, 5.41) is 22.8. The molecule has 14 rings (SSSR count). The van der Waals surface area contributed by atoms with Crippen molar-refractivity contribution in [3.8, 4) is 22.3 Å². The highest BCUT2D eigenvalue weighted by atomic mass is 15.1. The van der Waals surface area contributed by atoms with E-state index in [0.717, 1.165) is 17.1 Å². The van der Waals surface area contributed by atoms with Crippen LogP contribution in [0.1, 0.15) is 0 Å². The Balaban J connectivity index is 0.970. The Labute approximate surface area is 388 Å². The Morgan fingerprint density at radius 1 is 0.149 bits per heavy atom. The second-order valence-corrected chi connectivity index (χ2v) is 18.0. The molecule has 0 heterocycles. The van der Waals surface area contributed by atoms with E-state index in [2.05, 4.69) is 254 Å². The van der Waals surface area contributed by atoms with E-state index in [1.807, 2.05) is 0 Å². The summed E-state index contributed by atoms with van der Waals surface area (Å²) >= 11 is 0. The molecule has 0 saturated carbocycles. The average Bonchev–Trinajstić information content (AvgIpc) is 3.41. The maximum Gasteiger partial charge on any atom is 0.0468 e. The lowest BCUT2D eigenvalue weighted by atomic mass is 9.91. The summed E-state index contributed by atoms with van der Waals surface area (Å²) in [6, 6.07) is 92.2. The molecule has 0 saturated heterocycles. The van der Waals surface area contributed by atoms with E-state index < -0.39 is 0 Å². The zero-order valence-electron chi connectivity index (χ0n) is 36.6. The lowest BCUT2D eigenvalue weighted by Crippen LogP contribution is -2.10. The Hall–Kier alpha value is -8.78. The van der Waals surface area contributed by atoms with Crippen molar-refractivity contribution in [2.75, 3.05) is 4.90 Å². The number of anilines is 3. The third-order valence-corrected chi connectivity index (χ3v) is 14.4. The van der Waals surface area contributed by atoms with Crippen LogP contribution in [0, 0.1) is 0 Å². The summed E-state index contributed by atoms with van der Waals surface area (Å²) in [7, 11) is 0. The highest BCUT2D eigenvalue weighted by Gasteiger charge is 2.19. The third-order valence-electron chi connectivity index (χ3n) is 14.4. The van der Waals surface area contributed by atoms with Crippen LogP contribution < -0.4 is 4.90 Å². The number of fused-ring (bicyclic) bond motifs is 18. The number of rotatable bonds is 5. The summed E-state index contributed by atoms with van der Waals surface area (Å²) in [5.41, 5.74) is 8.16. The van der Waals surface area contributed by atoms with Crippen LogP contribution in [0.4, 0.5) is 17.1 Å². The first-order chi connectivity index (χ1) is 33.2. The topological polar surface area (TPSA) is 3.24 Å². The Morgan fingerprint density at radius 2 is 0.388 bits per heavy atom. The highest BCUT2D eigenvalue weighted by molar-refractivity contribution is 6.28. The molecule has 0 N–H and O–H groups in total. The van der Waals surface area contributed by atoms with Crippen molar-refractivity contribution in [3.63, 3.8) is 0 Å². The van der Waals surface area contributed by atoms with Crippen molar-refractivity contribution < 1.29 is 0 Å². The zero-order valence-corrected chi connectivity index (χ0v) is 36.6. The third kappa shape index (κ3) is 5.88. The van der Waals surface area contributed by atoms with Crippen molar-refractivity contribution in [1.29, 1.82) is 0 Å². The van der Waals surface area contributed by atoms with Gasteiger partial charge in [0.15, 0.2) is 0 Å². The molecule has 0 atom stereocenters. The van der Waals surface area contributed by atoms with Crippen LogP contribution in [-0.4, -0.2) is 0 Å². The summed E-state index contributed by atoms with van der Waals surface area (Å²) < 4.78 is 0. The van der Waals surface area contributed by atoms with Crippen molar-refractivity contribution >= 4 is 114 Å². The fourth-order valence-corrected chi connectivity index (χ4v) is 11.3. The molecule has 0 spiro atoms. The molecule has 0 unspecified atom stereocenters. The van der Waals surface area contributed by atoms with Crippen molar-refractivity contribution in [2.45, 2.75) is 0 Å². The Kier molecular flexibility index (Phi) is 8.35. The number of hydrogen-bond donors (Lipinski definition) is 0. The van der Waals surface area contributed by atoms with Crippen LogP contribution in [0.5, 0.6) is 0 Å². The van der Waals surface area contributed by atoms with E-state index in [0.29, 0.717) is 0 Å². The molecule has 14 aromatic rings. The summed E-state index contributed by atoms with van der Waals surface area (Å²) in [5.74, 6) is 0. The van der Waals surface area contributed by atoms with Gasteiger partial charge in [0.25, 0.3) is 0 Å². The Morgan fingerprint density at radius 3 is 0.746 bits per heavy atom. The Bertz CT molecular complexity index is 4230. The SMILES string of the molecule is c1ccc(-c2ccc3c4ccc(N(c5ccc(-c6ccc7c8ccccc8c8ccccc8c7c6)cc5)c5ccc6c7ccccc7c7ccccc7c6c5)cc4c4ccccc4c3c2)cc1. The van der Waals surface area contributed by atoms with Crippen LogP contribution in [0.2, 0.25) is 0 Å². The molecule has 310 valence electrons. The van der Waals surface area contributed by atoms with Crippen molar-refractivity contribution in [3.05, 3.63) is 249 Å². The average molecular weight is 848 g/mol. The van der Waals surface area contributed by atoms with E-state index in [9.17, 15) is 0 Å². The molecule has 14 aromatic carbocycles. The molecule has 1 heteroatoms. The van der Waals surface area contributed by atoms with Gasteiger partial charge in [0.1, 0.15) is 0 Å². The monoisotopic (exact) mass is 847 g/mol. The van der Waals surface area contributed by atoms with Gasteiger partial charge >= 0.3 is 0 Å². The second-order valence-electron chi connectivity index (χ2n) is 18.0. The van der Waals surface area contributed by atoms with E-state index in [1.165, 1.54) is 119 Å². The van der Waals surface area contributed by atoms with Crippen LogP contribution in [0.25, 0.3) is 119 Å². The molecule has 67 heavy (non-hydrogen) atoms. The van der Waals surface area contributed by atoms with E-state index in [-0.39, 0.29) is 0 Å². The van der Waals surface area contributed by atoms with Crippen LogP contribution in [0.15, 0.2) is 249 Å². The molecule has 1 nitrogen and oxygen atoms in total. The highest BCUT2D eigenvalue weighted by Crippen LogP contribution is 2.45. The fraction of sp³-hybridized carbons (Fsp3) is 0. The zero-order chi connectivity index (χ0) is 44.0. The summed E-state index contributed by atoms with van der Waals surface area (Å²) in [6.07, 6.45) is 0. The van der Waals surface area contributed by atoms with E-state index in [1.54, 1.807) is 0 Å². The number of benzene rings is 14. The molecular formula is C66H41N. The van der Waals surface area contributed by atoms with Gasteiger partial charge in [0, 0.05) is 17.1 Å². The molecule has 0 aromatic heterocycles. The standard InChI is InChI=1S/C66H41N/c1-2-14-42(15-3-1)44-28-35-60-62-37-33-48(41-66(62)58-25-13-12-24-57(58)64(60)38-44)67(47-32-36-61-54-21-7-5-17-50(54)52-19-9-11-23-56(52)65(61)40-47)46-30-26-43(27-31-46)45-29-34-59-53-20-6-4-16-49(53)51-18-8-10-22-55(51)63(59)39-45/h1-41H.